The lowest BCUT2D eigenvalue weighted by atomic mass is 9.89. The van der Waals surface area contributed by atoms with Crippen molar-refractivity contribution in [1.82, 2.24) is 9.91 Å². The van der Waals surface area contributed by atoms with Crippen LogP contribution >= 0.6 is 24.0 Å². The van der Waals surface area contributed by atoms with Crippen molar-refractivity contribution in [3.05, 3.63) is 70.8 Å². The van der Waals surface area contributed by atoms with E-state index in [1.165, 1.54) is 55.0 Å². The molecule has 166 valence electrons. The molecule has 1 fully saturated rings. The zero-order valence-electron chi connectivity index (χ0n) is 18.3. The molecule has 2 heterocycles. The number of rotatable bonds is 4. The van der Waals surface area contributed by atoms with E-state index in [1.54, 1.807) is 5.01 Å². The summed E-state index contributed by atoms with van der Waals surface area (Å²) >= 11 is 7.05. The van der Waals surface area contributed by atoms with Crippen LogP contribution in [0, 0.1) is 0 Å². The first-order valence-corrected chi connectivity index (χ1v) is 13.1. The molecule has 1 atom stereocenters. The molecular weight excluding hydrogens is 434 g/mol. The van der Waals surface area contributed by atoms with Crippen LogP contribution in [0.25, 0.3) is 0 Å². The van der Waals surface area contributed by atoms with Crippen LogP contribution in [0.3, 0.4) is 0 Å². The zero-order valence-corrected chi connectivity index (χ0v) is 20.0. The zero-order chi connectivity index (χ0) is 21.9. The van der Waals surface area contributed by atoms with E-state index in [2.05, 4.69) is 35.2 Å². The number of amides is 1. The number of hydrogen-bond donors (Lipinski definition) is 0. The van der Waals surface area contributed by atoms with E-state index < -0.39 is 0 Å². The summed E-state index contributed by atoms with van der Waals surface area (Å²) in [5.74, 6) is 0.359. The molecule has 1 saturated heterocycles. The van der Waals surface area contributed by atoms with Crippen LogP contribution in [0.5, 0.6) is 0 Å². The standard InChI is InChI=1S/C26H29N3OS2/c30-25(18-32-26(31)28-14-6-7-15-28)29-24(20-9-2-1-3-10-20)17-23(27-29)22-13-12-19-8-4-5-11-21(19)16-22/h1-3,9-10,12-13,16,24H,4-8,11,14-15,17-18H2/t24-/m0/s1. The van der Waals surface area contributed by atoms with Gasteiger partial charge in [-0.15, -0.1) is 0 Å². The number of hydrogen-bond acceptors (Lipinski definition) is 4. The maximum atomic E-state index is 13.3. The molecule has 4 nitrogen and oxygen atoms in total. The van der Waals surface area contributed by atoms with Gasteiger partial charge in [0.05, 0.1) is 17.5 Å². The van der Waals surface area contributed by atoms with Gasteiger partial charge in [0.15, 0.2) is 0 Å². The second-order valence-corrected chi connectivity index (χ2v) is 10.5. The van der Waals surface area contributed by atoms with Crippen molar-refractivity contribution in [3.63, 3.8) is 0 Å². The van der Waals surface area contributed by atoms with E-state index in [0.717, 1.165) is 47.1 Å². The quantitative estimate of drug-likeness (QED) is 0.572. The molecule has 2 aliphatic heterocycles. The fourth-order valence-corrected chi connectivity index (χ4v) is 6.05. The van der Waals surface area contributed by atoms with Gasteiger partial charge in [0, 0.05) is 19.5 Å². The molecule has 1 amide bonds. The average molecular weight is 464 g/mol. The number of hydrazone groups is 1. The van der Waals surface area contributed by atoms with Crippen LogP contribution in [0.1, 0.15) is 60.4 Å². The minimum absolute atomic E-state index is 0.0263. The van der Waals surface area contributed by atoms with Crippen LogP contribution in [0.15, 0.2) is 53.6 Å². The SMILES string of the molecule is O=C(CSC(=S)N1CCCC1)N1N=C(c2ccc3c(c2)CCCC3)C[C@H]1c1ccccc1. The topological polar surface area (TPSA) is 35.9 Å². The lowest BCUT2D eigenvalue weighted by molar-refractivity contribution is -0.130. The highest BCUT2D eigenvalue weighted by Gasteiger charge is 2.33. The maximum absolute atomic E-state index is 13.3. The van der Waals surface area contributed by atoms with Crippen LogP contribution in [-0.4, -0.2) is 44.7 Å². The van der Waals surface area contributed by atoms with Crippen molar-refractivity contribution < 1.29 is 4.79 Å². The first-order valence-electron chi connectivity index (χ1n) is 11.7. The first-order chi connectivity index (χ1) is 15.7. The number of nitrogens with zero attached hydrogens (tertiary/aromatic N) is 3. The fraction of sp³-hybridized carbons (Fsp3) is 0.423. The van der Waals surface area contributed by atoms with Gasteiger partial charge in [-0.2, -0.15) is 5.10 Å². The number of thiocarbonyl (C=S) groups is 1. The van der Waals surface area contributed by atoms with Gasteiger partial charge < -0.3 is 4.90 Å². The second kappa shape index (κ2) is 9.75. The summed E-state index contributed by atoms with van der Waals surface area (Å²) in [6.45, 7) is 2.02. The molecule has 5 rings (SSSR count). The van der Waals surface area contributed by atoms with Gasteiger partial charge in [-0.25, -0.2) is 5.01 Å². The Bertz CT molecular complexity index is 1030. The molecule has 0 radical (unpaired) electrons. The Hall–Kier alpha value is -2.18. The van der Waals surface area contributed by atoms with E-state index in [4.69, 9.17) is 17.3 Å². The molecule has 2 aromatic carbocycles. The van der Waals surface area contributed by atoms with E-state index >= 15 is 0 Å². The minimum Gasteiger partial charge on any atom is -0.358 e. The smallest absolute Gasteiger partial charge is 0.253 e. The van der Waals surface area contributed by atoms with Gasteiger partial charge in [-0.1, -0.05) is 66.4 Å². The van der Waals surface area contributed by atoms with Gasteiger partial charge in [0.2, 0.25) is 0 Å². The minimum atomic E-state index is -0.0595. The molecule has 1 aliphatic carbocycles. The summed E-state index contributed by atoms with van der Waals surface area (Å²) in [7, 11) is 0. The Labute approximate surface area is 200 Å². The Morgan fingerprint density at radius 2 is 1.75 bits per heavy atom. The second-order valence-electron chi connectivity index (χ2n) is 8.85. The maximum Gasteiger partial charge on any atom is 0.253 e. The Morgan fingerprint density at radius 1 is 1.00 bits per heavy atom. The van der Waals surface area contributed by atoms with Gasteiger partial charge in [-0.05, 0) is 66.8 Å². The molecule has 2 aromatic rings. The lowest BCUT2D eigenvalue weighted by Crippen LogP contribution is -2.30. The predicted molar refractivity (Wildman–Crippen MR) is 136 cm³/mol. The van der Waals surface area contributed by atoms with Gasteiger partial charge >= 0.3 is 0 Å². The van der Waals surface area contributed by atoms with Crippen molar-refractivity contribution in [3.8, 4) is 0 Å². The summed E-state index contributed by atoms with van der Waals surface area (Å²) in [5, 5.41) is 6.58. The molecule has 0 saturated carbocycles. The molecule has 0 aromatic heterocycles. The van der Waals surface area contributed by atoms with Crippen molar-refractivity contribution in [2.45, 2.75) is 51.0 Å². The van der Waals surface area contributed by atoms with Crippen molar-refractivity contribution >= 4 is 39.9 Å². The lowest BCUT2D eigenvalue weighted by Gasteiger charge is -2.23. The van der Waals surface area contributed by atoms with Crippen LogP contribution < -0.4 is 0 Å². The molecule has 0 bridgehead atoms. The van der Waals surface area contributed by atoms with Crippen molar-refractivity contribution in [2.24, 2.45) is 5.10 Å². The molecule has 0 spiro atoms. The summed E-state index contributed by atoms with van der Waals surface area (Å²) in [6.07, 6.45) is 7.97. The molecule has 3 aliphatic rings. The summed E-state index contributed by atoms with van der Waals surface area (Å²) in [4.78, 5) is 15.5. The normalized spacial score (nSPS) is 20.2. The Morgan fingerprint density at radius 3 is 2.53 bits per heavy atom. The molecule has 32 heavy (non-hydrogen) atoms. The number of carbonyl (C=O) groups is 1. The average Bonchev–Trinajstić information content (AvgIpc) is 3.53. The summed E-state index contributed by atoms with van der Waals surface area (Å²) < 4.78 is 0.838. The van der Waals surface area contributed by atoms with Gasteiger partial charge in [0.25, 0.3) is 5.91 Å². The molecule has 6 heteroatoms. The van der Waals surface area contributed by atoms with Crippen LogP contribution in [-0.2, 0) is 17.6 Å². The molecule has 0 N–H and O–H groups in total. The number of likely N-dealkylation sites (tertiary alicyclic amines) is 1. The Balaban J connectivity index is 1.36. The van der Waals surface area contributed by atoms with Gasteiger partial charge in [0.1, 0.15) is 4.32 Å². The first kappa shape index (κ1) is 21.7. The summed E-state index contributed by atoms with van der Waals surface area (Å²) in [6, 6.07) is 17.0. The van der Waals surface area contributed by atoms with E-state index in [1.807, 2.05) is 18.2 Å². The summed E-state index contributed by atoms with van der Waals surface area (Å²) in [5.41, 5.74) is 6.21. The number of thioether (sulfide) groups is 1. The van der Waals surface area contributed by atoms with Crippen molar-refractivity contribution in [1.29, 1.82) is 0 Å². The fourth-order valence-electron chi connectivity index (χ4n) is 4.94. The third-order valence-corrected chi connectivity index (χ3v) is 8.22. The van der Waals surface area contributed by atoms with Gasteiger partial charge in [-0.3, -0.25) is 4.79 Å². The number of fused-ring (bicyclic) bond motifs is 1. The highest BCUT2D eigenvalue weighted by Crippen LogP contribution is 2.34. The largest absolute Gasteiger partial charge is 0.358 e. The monoisotopic (exact) mass is 463 g/mol. The van der Waals surface area contributed by atoms with Crippen LogP contribution in [0.4, 0.5) is 0 Å². The molecule has 0 unspecified atom stereocenters. The molecular formula is C26H29N3OS2. The highest BCUT2D eigenvalue weighted by atomic mass is 32.2. The van der Waals surface area contributed by atoms with Crippen molar-refractivity contribution in [2.75, 3.05) is 18.8 Å². The number of aryl methyl sites for hydroxylation is 2. The number of benzene rings is 2. The predicted octanol–water partition coefficient (Wildman–Crippen LogP) is 5.36. The highest BCUT2D eigenvalue weighted by molar-refractivity contribution is 8.23. The Kier molecular flexibility index (Phi) is 6.60. The third kappa shape index (κ3) is 4.62. The van der Waals surface area contributed by atoms with E-state index in [9.17, 15) is 4.79 Å². The number of carbonyl (C=O) groups excluding carboxylic acids is 1. The van der Waals surface area contributed by atoms with E-state index in [0.29, 0.717) is 5.75 Å². The van der Waals surface area contributed by atoms with Crippen LogP contribution in [0.2, 0.25) is 0 Å². The van der Waals surface area contributed by atoms with E-state index in [-0.39, 0.29) is 11.9 Å². The third-order valence-electron chi connectivity index (χ3n) is 6.72.